The number of rotatable bonds is 7. The molecule has 18 heavy (non-hydrogen) atoms. The quantitative estimate of drug-likeness (QED) is 0.745. The molecule has 2 rings (SSSR count). The lowest BCUT2D eigenvalue weighted by Gasteiger charge is -2.43. The van der Waals surface area contributed by atoms with Gasteiger partial charge < -0.3 is 5.32 Å². The van der Waals surface area contributed by atoms with Gasteiger partial charge in [-0.05, 0) is 52.0 Å². The Morgan fingerprint density at radius 3 is 2.33 bits per heavy atom. The summed E-state index contributed by atoms with van der Waals surface area (Å²) >= 11 is 0. The average molecular weight is 252 g/mol. The fourth-order valence-electron chi connectivity index (χ4n) is 4.10. The summed E-state index contributed by atoms with van der Waals surface area (Å²) in [4.78, 5) is 2.87. The van der Waals surface area contributed by atoms with E-state index in [9.17, 15) is 0 Å². The Balaban J connectivity index is 1.85. The van der Waals surface area contributed by atoms with E-state index in [0.717, 1.165) is 24.2 Å². The van der Waals surface area contributed by atoms with Crippen LogP contribution in [0.15, 0.2) is 0 Å². The molecule has 106 valence electrons. The highest BCUT2D eigenvalue weighted by Crippen LogP contribution is 2.38. The third-order valence-electron chi connectivity index (χ3n) is 4.96. The van der Waals surface area contributed by atoms with Crippen molar-refractivity contribution < 1.29 is 0 Å². The van der Waals surface area contributed by atoms with E-state index in [0.29, 0.717) is 0 Å². The summed E-state index contributed by atoms with van der Waals surface area (Å²) in [5.74, 6) is 0. The molecule has 0 aromatic carbocycles. The van der Waals surface area contributed by atoms with Crippen LogP contribution in [-0.2, 0) is 0 Å². The van der Waals surface area contributed by atoms with E-state index in [1.165, 1.54) is 57.9 Å². The number of nitrogens with one attached hydrogen (secondary N) is 1. The number of nitrogens with zero attached hydrogens (tertiary/aromatic N) is 1. The molecular weight excluding hydrogens is 220 g/mol. The number of piperidine rings is 1. The van der Waals surface area contributed by atoms with Gasteiger partial charge in [-0.2, -0.15) is 0 Å². The first-order valence-corrected chi connectivity index (χ1v) is 8.27. The van der Waals surface area contributed by atoms with E-state index < -0.39 is 0 Å². The monoisotopic (exact) mass is 252 g/mol. The summed E-state index contributed by atoms with van der Waals surface area (Å²) in [6.45, 7) is 8.24. The van der Waals surface area contributed by atoms with Gasteiger partial charge in [-0.1, -0.05) is 26.7 Å². The third kappa shape index (κ3) is 3.27. The van der Waals surface area contributed by atoms with Crippen molar-refractivity contribution in [1.82, 2.24) is 10.2 Å². The summed E-state index contributed by atoms with van der Waals surface area (Å²) in [5, 5.41) is 3.75. The normalized spacial score (nSPS) is 33.8. The van der Waals surface area contributed by atoms with Crippen molar-refractivity contribution in [2.45, 2.75) is 96.3 Å². The van der Waals surface area contributed by atoms with Gasteiger partial charge in [0.15, 0.2) is 0 Å². The lowest BCUT2D eigenvalue weighted by molar-refractivity contribution is 0.0725. The molecule has 0 spiro atoms. The Bertz CT molecular complexity index is 227. The zero-order valence-corrected chi connectivity index (χ0v) is 12.6. The minimum Gasteiger partial charge on any atom is -0.314 e. The van der Waals surface area contributed by atoms with Crippen molar-refractivity contribution in [3.8, 4) is 0 Å². The molecular formula is C16H32N2. The summed E-state index contributed by atoms with van der Waals surface area (Å²) in [5.41, 5.74) is 0. The van der Waals surface area contributed by atoms with Crippen LogP contribution in [0.5, 0.6) is 0 Å². The molecule has 3 unspecified atom stereocenters. The number of unbranched alkanes of at least 4 members (excludes halogenated alkanes) is 1. The van der Waals surface area contributed by atoms with E-state index in [-0.39, 0.29) is 0 Å². The number of fused-ring (bicyclic) bond motifs is 2. The predicted octanol–water partition coefficient (Wildman–Crippen LogP) is 3.56. The molecule has 2 saturated heterocycles. The van der Waals surface area contributed by atoms with Gasteiger partial charge in [0.25, 0.3) is 0 Å². The average Bonchev–Trinajstić information content (AvgIpc) is 2.65. The second kappa shape index (κ2) is 6.91. The maximum atomic E-state index is 3.75. The highest BCUT2D eigenvalue weighted by molar-refractivity contribution is 4.99. The fourth-order valence-corrected chi connectivity index (χ4v) is 4.10. The van der Waals surface area contributed by atoms with Gasteiger partial charge in [-0.15, -0.1) is 0 Å². The van der Waals surface area contributed by atoms with Crippen molar-refractivity contribution in [1.29, 1.82) is 0 Å². The molecule has 0 saturated carbocycles. The lowest BCUT2D eigenvalue weighted by atomic mass is 9.94. The minimum absolute atomic E-state index is 0.803. The molecule has 1 N–H and O–H groups in total. The topological polar surface area (TPSA) is 15.3 Å². The Morgan fingerprint density at radius 1 is 1.11 bits per heavy atom. The zero-order chi connectivity index (χ0) is 13.0. The van der Waals surface area contributed by atoms with Crippen LogP contribution in [0.2, 0.25) is 0 Å². The van der Waals surface area contributed by atoms with Crippen LogP contribution in [0.3, 0.4) is 0 Å². The summed E-state index contributed by atoms with van der Waals surface area (Å²) in [6.07, 6.45) is 11.1. The first-order valence-electron chi connectivity index (χ1n) is 8.27. The molecule has 2 aliphatic heterocycles. The van der Waals surface area contributed by atoms with Gasteiger partial charge in [0.2, 0.25) is 0 Å². The number of hydrogen-bond donors (Lipinski definition) is 1. The maximum Gasteiger partial charge on any atom is 0.0116 e. The predicted molar refractivity (Wildman–Crippen MR) is 79.0 cm³/mol. The van der Waals surface area contributed by atoms with Crippen LogP contribution in [0.4, 0.5) is 0 Å². The van der Waals surface area contributed by atoms with Gasteiger partial charge in [0.1, 0.15) is 0 Å². The number of hydrogen-bond acceptors (Lipinski definition) is 2. The highest BCUT2D eigenvalue weighted by Gasteiger charge is 2.42. The second-order valence-corrected chi connectivity index (χ2v) is 6.45. The van der Waals surface area contributed by atoms with E-state index in [4.69, 9.17) is 0 Å². The molecule has 2 heteroatoms. The van der Waals surface area contributed by atoms with Crippen LogP contribution in [0.1, 0.15) is 72.1 Å². The molecule has 2 heterocycles. The molecule has 2 aliphatic rings. The Kier molecular flexibility index (Phi) is 5.50. The fraction of sp³-hybridized carbons (Fsp3) is 1.00. The van der Waals surface area contributed by atoms with Crippen molar-refractivity contribution >= 4 is 0 Å². The van der Waals surface area contributed by atoms with Crippen molar-refractivity contribution in [3.63, 3.8) is 0 Å². The van der Waals surface area contributed by atoms with Crippen LogP contribution in [0, 0.1) is 0 Å². The molecule has 2 bridgehead atoms. The molecule has 0 radical (unpaired) electrons. The van der Waals surface area contributed by atoms with Crippen molar-refractivity contribution in [3.05, 3.63) is 0 Å². The standard InChI is InChI=1S/C16H32N2/c1-4-6-7-13(3)18-15-8-9-16(18)12-14(11-15)17-10-5-2/h13-17H,4-12H2,1-3H3. The van der Waals surface area contributed by atoms with Gasteiger partial charge in [-0.3, -0.25) is 4.90 Å². The van der Waals surface area contributed by atoms with Crippen molar-refractivity contribution in [2.24, 2.45) is 0 Å². The Labute approximate surface area is 114 Å². The highest BCUT2D eigenvalue weighted by atomic mass is 15.3. The molecule has 2 nitrogen and oxygen atoms in total. The first-order chi connectivity index (χ1) is 8.76. The first kappa shape index (κ1) is 14.3. The van der Waals surface area contributed by atoms with Gasteiger partial charge in [0, 0.05) is 24.2 Å². The molecule has 2 fully saturated rings. The van der Waals surface area contributed by atoms with Gasteiger partial charge in [0.05, 0.1) is 0 Å². The van der Waals surface area contributed by atoms with Crippen LogP contribution in [-0.4, -0.2) is 35.6 Å². The summed E-state index contributed by atoms with van der Waals surface area (Å²) in [6, 6.07) is 3.38. The van der Waals surface area contributed by atoms with Crippen molar-refractivity contribution in [2.75, 3.05) is 6.54 Å². The van der Waals surface area contributed by atoms with E-state index >= 15 is 0 Å². The molecule has 0 aliphatic carbocycles. The van der Waals surface area contributed by atoms with Gasteiger partial charge >= 0.3 is 0 Å². The Hall–Kier alpha value is -0.0800. The smallest absolute Gasteiger partial charge is 0.0116 e. The van der Waals surface area contributed by atoms with E-state index in [2.05, 4.69) is 31.0 Å². The van der Waals surface area contributed by atoms with Crippen LogP contribution < -0.4 is 5.32 Å². The summed E-state index contributed by atoms with van der Waals surface area (Å²) in [7, 11) is 0. The van der Waals surface area contributed by atoms with Gasteiger partial charge in [-0.25, -0.2) is 0 Å². The molecule has 0 aromatic heterocycles. The lowest BCUT2D eigenvalue weighted by Crippen LogP contribution is -2.52. The summed E-state index contributed by atoms with van der Waals surface area (Å²) < 4.78 is 0. The maximum absolute atomic E-state index is 3.75. The third-order valence-corrected chi connectivity index (χ3v) is 4.96. The second-order valence-electron chi connectivity index (χ2n) is 6.45. The van der Waals surface area contributed by atoms with E-state index in [1.807, 2.05) is 0 Å². The van der Waals surface area contributed by atoms with Crippen LogP contribution in [0.25, 0.3) is 0 Å². The van der Waals surface area contributed by atoms with E-state index in [1.54, 1.807) is 0 Å². The largest absolute Gasteiger partial charge is 0.314 e. The SMILES string of the molecule is CCCCC(C)N1C2CCC1CC(NCCC)C2. The molecule has 0 amide bonds. The van der Waals surface area contributed by atoms with Crippen LogP contribution >= 0.6 is 0 Å². The molecule has 0 aromatic rings. The minimum atomic E-state index is 0.803. The zero-order valence-electron chi connectivity index (χ0n) is 12.6. The Morgan fingerprint density at radius 2 is 1.78 bits per heavy atom. The molecule has 3 atom stereocenters.